The van der Waals surface area contributed by atoms with E-state index in [4.69, 9.17) is 49.6 Å². The van der Waals surface area contributed by atoms with Crippen molar-refractivity contribution in [2.24, 2.45) is 5.16 Å². The number of hydrogen-bond acceptors (Lipinski definition) is 11. The molecular weight excluding hydrogens is 690 g/mol. The predicted molar refractivity (Wildman–Crippen MR) is 197 cm³/mol. The number of allylic oxidation sites excluding steroid dienone is 1. The van der Waals surface area contributed by atoms with Gasteiger partial charge in [0, 0.05) is 29.1 Å². The number of fused-ring (bicyclic) bond motifs is 1. The molecule has 0 fully saturated rings. The fourth-order valence-corrected chi connectivity index (χ4v) is 6.16. The Labute approximate surface area is 307 Å². The first-order valence-corrected chi connectivity index (χ1v) is 16.9. The van der Waals surface area contributed by atoms with Gasteiger partial charge in [-0.05, 0) is 72.1 Å². The normalized spacial score (nSPS) is 16.0. The molecule has 0 aromatic heterocycles. The monoisotopic (exact) mass is 729 g/mol. The van der Waals surface area contributed by atoms with Crippen LogP contribution in [0.25, 0.3) is 0 Å². The van der Waals surface area contributed by atoms with Gasteiger partial charge < -0.3 is 48.6 Å². The van der Waals surface area contributed by atoms with Gasteiger partial charge in [-0.2, -0.15) is 0 Å². The Balaban J connectivity index is 1.03. The minimum atomic E-state index is -0.448. The highest BCUT2D eigenvalue weighted by atomic mass is 35.5. The van der Waals surface area contributed by atoms with Crippen LogP contribution in [0.2, 0.25) is 5.02 Å². The quantitative estimate of drug-likeness (QED) is 0.0923. The van der Waals surface area contributed by atoms with Gasteiger partial charge >= 0.3 is 0 Å². The number of carbonyl (C=O) groups excluding carboxylic acids is 1. The third kappa shape index (κ3) is 7.76. The summed E-state index contributed by atoms with van der Waals surface area (Å²) in [7, 11) is 7.87. The van der Waals surface area contributed by atoms with Crippen molar-refractivity contribution >= 4 is 28.9 Å². The minimum absolute atomic E-state index is 0.213. The predicted octanol–water partition coefficient (Wildman–Crippen LogP) is 7.85. The van der Waals surface area contributed by atoms with Crippen molar-refractivity contribution in [2.45, 2.75) is 31.5 Å². The molecule has 272 valence electrons. The van der Waals surface area contributed by atoms with Crippen LogP contribution in [0.15, 0.2) is 84.2 Å². The van der Waals surface area contributed by atoms with Gasteiger partial charge in [0.2, 0.25) is 5.75 Å². The van der Waals surface area contributed by atoms with Gasteiger partial charge in [-0.3, -0.25) is 4.79 Å². The first-order chi connectivity index (χ1) is 25.2. The van der Waals surface area contributed by atoms with Crippen molar-refractivity contribution in [3.8, 4) is 40.2 Å². The second-order valence-corrected chi connectivity index (χ2v) is 12.3. The van der Waals surface area contributed by atoms with Crippen molar-refractivity contribution in [3.63, 3.8) is 0 Å². The lowest BCUT2D eigenvalue weighted by atomic mass is 9.99. The number of carbonyl (C=O) groups is 1. The van der Waals surface area contributed by atoms with Gasteiger partial charge in [-0.15, -0.1) is 0 Å². The molecule has 0 radical (unpaired) electrons. The van der Waals surface area contributed by atoms with Crippen LogP contribution in [0.1, 0.15) is 58.6 Å². The Kier molecular flexibility index (Phi) is 11.1. The smallest absolute Gasteiger partial charge is 0.255 e. The molecule has 2 unspecified atom stereocenters. The number of anilines is 1. The van der Waals surface area contributed by atoms with E-state index in [1.165, 1.54) is 0 Å². The van der Waals surface area contributed by atoms with Crippen LogP contribution in [0.3, 0.4) is 0 Å². The van der Waals surface area contributed by atoms with Gasteiger partial charge in [-0.1, -0.05) is 35.5 Å². The topological polar surface area (TPSA) is 127 Å². The number of methoxy groups -OCH3 is 5. The maximum atomic E-state index is 12.7. The second kappa shape index (κ2) is 16.1. The molecule has 52 heavy (non-hydrogen) atoms. The molecule has 2 N–H and O–H groups in total. The summed E-state index contributed by atoms with van der Waals surface area (Å²) in [6.07, 6.45) is 0.886. The standard InChI is InChI=1S/C39H40ClN3O9/c1-22(8-7-15-50-31-14-10-24(17-33(31)46-3)38-41-28-12-11-26(40)20-27(28)39(44)42-38)51-34-16-23(9-13-30(34)45-2)32-21-29(43-52-32)25-18-35(47-4)37(49-6)36(19-25)48-5/h9-14,16-20,32,38,41H,1,7-8,15,21H2,2-6H3,(H,42,44). The number of nitrogens with zero attached hydrogens (tertiary/aromatic N) is 1. The number of hydrogen-bond donors (Lipinski definition) is 2. The number of rotatable bonds is 15. The summed E-state index contributed by atoms with van der Waals surface area (Å²) in [5, 5.41) is 11.1. The van der Waals surface area contributed by atoms with Crippen molar-refractivity contribution in [1.29, 1.82) is 0 Å². The van der Waals surface area contributed by atoms with Gasteiger partial charge in [0.1, 0.15) is 6.17 Å². The summed E-state index contributed by atoms with van der Waals surface area (Å²) in [6, 6.07) is 20.0. The Morgan fingerprint density at radius 3 is 2.21 bits per heavy atom. The summed E-state index contributed by atoms with van der Waals surface area (Å²) in [4.78, 5) is 18.6. The summed E-state index contributed by atoms with van der Waals surface area (Å²) < 4.78 is 39.9. The molecule has 2 atom stereocenters. The van der Waals surface area contributed by atoms with Crippen LogP contribution in [0, 0.1) is 0 Å². The van der Waals surface area contributed by atoms with Gasteiger partial charge in [0.15, 0.2) is 40.6 Å². The van der Waals surface area contributed by atoms with Crippen molar-refractivity contribution < 1.29 is 42.8 Å². The molecule has 0 saturated heterocycles. The zero-order valence-electron chi connectivity index (χ0n) is 29.5. The highest BCUT2D eigenvalue weighted by Gasteiger charge is 2.28. The molecule has 0 bridgehead atoms. The van der Waals surface area contributed by atoms with E-state index in [1.54, 1.807) is 53.7 Å². The number of amides is 1. The maximum absolute atomic E-state index is 12.7. The van der Waals surface area contributed by atoms with Gasteiger partial charge in [0.25, 0.3) is 5.91 Å². The molecule has 2 aliphatic rings. The number of nitrogens with one attached hydrogen (secondary N) is 2. The third-order valence-corrected chi connectivity index (χ3v) is 8.90. The van der Waals surface area contributed by atoms with E-state index in [0.717, 1.165) is 22.4 Å². The van der Waals surface area contributed by atoms with E-state index in [0.29, 0.717) is 88.1 Å². The molecule has 13 heteroatoms. The highest BCUT2D eigenvalue weighted by Crippen LogP contribution is 2.41. The SMILES string of the molecule is C=C(CCCOc1ccc(C2NC(=O)c3cc(Cl)ccc3N2)cc1OC)Oc1cc(C2CC(c3cc(OC)c(OC)c(OC)c3)=NO2)ccc1OC. The molecule has 0 aliphatic carbocycles. The molecule has 12 nitrogen and oxygen atoms in total. The van der Waals surface area contributed by atoms with E-state index in [9.17, 15) is 4.79 Å². The van der Waals surface area contributed by atoms with Gasteiger partial charge in [-0.25, -0.2) is 0 Å². The average molecular weight is 730 g/mol. The van der Waals surface area contributed by atoms with Crippen molar-refractivity contribution in [1.82, 2.24) is 5.32 Å². The minimum Gasteiger partial charge on any atom is -0.493 e. The van der Waals surface area contributed by atoms with Gasteiger partial charge in [0.05, 0.1) is 59.2 Å². The summed E-state index contributed by atoms with van der Waals surface area (Å²) in [6.45, 7) is 4.51. The lowest BCUT2D eigenvalue weighted by molar-refractivity contribution is 0.0855. The first kappa shape index (κ1) is 36.1. The van der Waals surface area contributed by atoms with Crippen molar-refractivity contribution in [2.75, 3.05) is 47.5 Å². The van der Waals surface area contributed by atoms with E-state index >= 15 is 0 Å². The van der Waals surface area contributed by atoms with Crippen molar-refractivity contribution in [3.05, 3.63) is 106 Å². The zero-order chi connectivity index (χ0) is 36.8. The summed E-state index contributed by atoms with van der Waals surface area (Å²) in [5.74, 6) is 4.10. The Morgan fingerprint density at radius 1 is 0.808 bits per heavy atom. The molecule has 0 spiro atoms. The Hall–Kier alpha value is -5.75. The molecule has 2 heterocycles. The van der Waals surface area contributed by atoms with Crippen LogP contribution in [-0.2, 0) is 4.84 Å². The lowest BCUT2D eigenvalue weighted by Gasteiger charge is -2.28. The number of oxime groups is 1. The third-order valence-electron chi connectivity index (χ3n) is 8.66. The average Bonchev–Trinajstić information content (AvgIpc) is 3.66. The van der Waals surface area contributed by atoms with Crippen LogP contribution in [0.5, 0.6) is 40.2 Å². The number of halogens is 1. The van der Waals surface area contributed by atoms with Crippen LogP contribution in [-0.4, -0.2) is 53.8 Å². The number of ether oxygens (including phenoxy) is 7. The zero-order valence-corrected chi connectivity index (χ0v) is 30.3. The molecule has 2 aliphatic heterocycles. The fraction of sp³-hybridized carbons (Fsp3) is 0.282. The number of benzene rings is 4. The van der Waals surface area contributed by atoms with Crippen LogP contribution in [0.4, 0.5) is 5.69 Å². The maximum Gasteiger partial charge on any atom is 0.255 e. The largest absolute Gasteiger partial charge is 0.493 e. The highest BCUT2D eigenvalue weighted by molar-refractivity contribution is 6.31. The summed E-state index contributed by atoms with van der Waals surface area (Å²) >= 11 is 6.07. The molecule has 6 rings (SSSR count). The lowest BCUT2D eigenvalue weighted by Crippen LogP contribution is -2.38. The first-order valence-electron chi connectivity index (χ1n) is 16.5. The molecule has 0 saturated carbocycles. The van der Waals surface area contributed by atoms with Crippen LogP contribution >= 0.6 is 11.6 Å². The van der Waals surface area contributed by atoms with E-state index in [-0.39, 0.29) is 12.0 Å². The fourth-order valence-electron chi connectivity index (χ4n) is 5.99. The summed E-state index contributed by atoms with van der Waals surface area (Å²) in [5.41, 5.74) is 4.41. The Bertz CT molecular complexity index is 1980. The van der Waals surface area contributed by atoms with E-state index < -0.39 is 6.17 Å². The Morgan fingerprint density at radius 2 is 1.50 bits per heavy atom. The second-order valence-electron chi connectivity index (χ2n) is 11.9. The van der Waals surface area contributed by atoms with E-state index in [1.807, 2.05) is 48.5 Å². The molecule has 1 amide bonds. The molecule has 4 aromatic carbocycles. The van der Waals surface area contributed by atoms with E-state index in [2.05, 4.69) is 22.4 Å². The molecule has 4 aromatic rings. The molecular formula is C39H40ClN3O9. The van der Waals surface area contributed by atoms with Crippen LogP contribution < -0.4 is 43.8 Å².